The van der Waals surface area contributed by atoms with Crippen LogP contribution in [0.5, 0.6) is 11.5 Å². The molecule has 1 saturated heterocycles. The number of nitrogens with zero attached hydrogens (tertiary/aromatic N) is 1. The molecule has 0 saturated carbocycles. The SMILES string of the molecule is Nc1ccc(-c2cccs2)cc1CC(=O)/C=C/C=C1CCN(Cc2ccc3c(c2)OCO3)C1. The molecule has 0 aliphatic carbocycles. The number of likely N-dealkylation sites (tertiary alicyclic amines) is 1. The first-order chi connectivity index (χ1) is 16.1. The number of benzene rings is 2. The number of hydrogen-bond donors (Lipinski definition) is 1. The topological polar surface area (TPSA) is 64.8 Å². The normalized spacial score (nSPS) is 16.8. The molecule has 0 amide bonds. The fourth-order valence-electron chi connectivity index (χ4n) is 4.21. The Morgan fingerprint density at radius 3 is 2.91 bits per heavy atom. The summed E-state index contributed by atoms with van der Waals surface area (Å²) in [5.41, 5.74) is 11.3. The number of fused-ring (bicyclic) bond motifs is 1. The molecule has 5 rings (SSSR count). The molecule has 0 unspecified atom stereocenters. The standard InChI is InChI=1S/C27H26N2O3S/c28-24-8-7-21(27-5-2-12-33-27)14-22(24)15-23(30)4-1-3-19-10-11-29(16-19)17-20-6-9-25-26(13-20)32-18-31-25/h1-9,12-14H,10-11,15-18,28H2/b4-1+,19-3?. The van der Waals surface area contributed by atoms with E-state index in [0.29, 0.717) is 18.9 Å². The highest BCUT2D eigenvalue weighted by atomic mass is 32.1. The highest BCUT2D eigenvalue weighted by molar-refractivity contribution is 7.13. The Kier molecular flexibility index (Phi) is 6.28. The molecular formula is C27H26N2O3S. The lowest BCUT2D eigenvalue weighted by Crippen LogP contribution is -2.18. The summed E-state index contributed by atoms with van der Waals surface area (Å²) in [7, 11) is 0. The van der Waals surface area contributed by atoms with E-state index in [1.807, 2.05) is 41.8 Å². The van der Waals surface area contributed by atoms with Gasteiger partial charge in [0.05, 0.1) is 0 Å². The number of allylic oxidation sites excluding steroid dienone is 3. The molecular weight excluding hydrogens is 432 g/mol. The Morgan fingerprint density at radius 2 is 2.03 bits per heavy atom. The summed E-state index contributed by atoms with van der Waals surface area (Å²) in [5.74, 6) is 1.69. The van der Waals surface area contributed by atoms with Crippen LogP contribution in [0.15, 0.2) is 77.7 Å². The second-order valence-corrected chi connectivity index (χ2v) is 9.31. The van der Waals surface area contributed by atoms with Gasteiger partial charge in [-0.05, 0) is 64.9 Å². The average Bonchev–Trinajstić information content (AvgIpc) is 3.57. The maximum absolute atomic E-state index is 12.5. The largest absolute Gasteiger partial charge is 0.454 e. The van der Waals surface area contributed by atoms with Crippen LogP contribution in [0, 0.1) is 0 Å². The van der Waals surface area contributed by atoms with Crippen molar-refractivity contribution in [2.24, 2.45) is 0 Å². The number of thiophene rings is 1. The zero-order chi connectivity index (χ0) is 22.6. The number of nitrogen functional groups attached to an aromatic ring is 1. The lowest BCUT2D eigenvalue weighted by Gasteiger charge is -2.14. The van der Waals surface area contributed by atoms with Gasteiger partial charge < -0.3 is 15.2 Å². The summed E-state index contributed by atoms with van der Waals surface area (Å²) in [4.78, 5) is 16.1. The van der Waals surface area contributed by atoms with Gasteiger partial charge in [-0.15, -0.1) is 11.3 Å². The van der Waals surface area contributed by atoms with Crippen molar-refractivity contribution < 1.29 is 14.3 Å². The molecule has 1 fully saturated rings. The smallest absolute Gasteiger partial charge is 0.231 e. The number of carbonyl (C=O) groups is 1. The molecule has 1 aromatic heterocycles. The van der Waals surface area contributed by atoms with Gasteiger partial charge in [0.2, 0.25) is 6.79 Å². The van der Waals surface area contributed by atoms with Gasteiger partial charge in [0.25, 0.3) is 0 Å². The molecule has 0 atom stereocenters. The van der Waals surface area contributed by atoms with Crippen molar-refractivity contribution in [2.45, 2.75) is 19.4 Å². The van der Waals surface area contributed by atoms with E-state index in [4.69, 9.17) is 15.2 Å². The summed E-state index contributed by atoms with van der Waals surface area (Å²) in [6, 6.07) is 16.1. The van der Waals surface area contributed by atoms with Crippen molar-refractivity contribution in [3.63, 3.8) is 0 Å². The molecule has 168 valence electrons. The molecule has 0 spiro atoms. The highest BCUT2D eigenvalue weighted by Crippen LogP contribution is 2.33. The van der Waals surface area contributed by atoms with Gasteiger partial charge in [-0.3, -0.25) is 9.69 Å². The number of nitrogens with two attached hydrogens (primary N) is 1. The first kappa shape index (κ1) is 21.5. The van der Waals surface area contributed by atoms with E-state index < -0.39 is 0 Å². The van der Waals surface area contributed by atoms with Crippen LogP contribution in [-0.4, -0.2) is 30.6 Å². The van der Waals surface area contributed by atoms with Gasteiger partial charge >= 0.3 is 0 Å². The summed E-state index contributed by atoms with van der Waals surface area (Å²) in [6.07, 6.45) is 6.93. The summed E-state index contributed by atoms with van der Waals surface area (Å²) >= 11 is 1.68. The van der Waals surface area contributed by atoms with Crippen molar-refractivity contribution in [1.82, 2.24) is 4.90 Å². The minimum absolute atomic E-state index is 0.0529. The van der Waals surface area contributed by atoms with Crippen molar-refractivity contribution in [2.75, 3.05) is 25.6 Å². The van der Waals surface area contributed by atoms with E-state index in [-0.39, 0.29) is 5.78 Å². The molecule has 0 bridgehead atoms. The quantitative estimate of drug-likeness (QED) is 0.388. The predicted octanol–water partition coefficient (Wildman–Crippen LogP) is 5.23. The van der Waals surface area contributed by atoms with Crippen molar-refractivity contribution in [3.05, 3.63) is 88.8 Å². The Labute approximate surface area is 197 Å². The van der Waals surface area contributed by atoms with Gasteiger partial charge in [0.15, 0.2) is 17.3 Å². The maximum Gasteiger partial charge on any atom is 0.231 e. The van der Waals surface area contributed by atoms with E-state index in [1.54, 1.807) is 17.4 Å². The van der Waals surface area contributed by atoms with Crippen LogP contribution in [0.3, 0.4) is 0 Å². The van der Waals surface area contributed by atoms with E-state index in [9.17, 15) is 4.79 Å². The Morgan fingerprint density at radius 1 is 1.12 bits per heavy atom. The molecule has 2 aliphatic rings. The minimum Gasteiger partial charge on any atom is -0.454 e. The molecule has 5 nitrogen and oxygen atoms in total. The monoisotopic (exact) mass is 458 g/mol. The highest BCUT2D eigenvalue weighted by Gasteiger charge is 2.18. The second-order valence-electron chi connectivity index (χ2n) is 8.37. The minimum atomic E-state index is 0.0529. The van der Waals surface area contributed by atoms with Gasteiger partial charge in [-0.1, -0.05) is 35.9 Å². The molecule has 0 radical (unpaired) electrons. The molecule has 33 heavy (non-hydrogen) atoms. The number of rotatable bonds is 7. The fourth-order valence-corrected chi connectivity index (χ4v) is 4.93. The number of hydrogen-bond acceptors (Lipinski definition) is 6. The molecule has 6 heteroatoms. The van der Waals surface area contributed by atoms with Crippen molar-refractivity contribution >= 4 is 22.8 Å². The van der Waals surface area contributed by atoms with Crippen LogP contribution in [0.2, 0.25) is 0 Å². The van der Waals surface area contributed by atoms with Crippen LogP contribution in [-0.2, 0) is 17.8 Å². The summed E-state index contributed by atoms with van der Waals surface area (Å²) in [6.45, 7) is 3.08. The van der Waals surface area contributed by atoms with Crippen LogP contribution in [0.1, 0.15) is 17.5 Å². The molecule has 2 N–H and O–H groups in total. The summed E-state index contributed by atoms with van der Waals surface area (Å²) < 4.78 is 10.9. The average molecular weight is 459 g/mol. The molecule has 2 aliphatic heterocycles. The number of ether oxygens (including phenoxy) is 2. The van der Waals surface area contributed by atoms with E-state index >= 15 is 0 Å². The van der Waals surface area contributed by atoms with E-state index in [2.05, 4.69) is 29.2 Å². The zero-order valence-corrected chi connectivity index (χ0v) is 19.1. The van der Waals surface area contributed by atoms with Gasteiger partial charge in [-0.25, -0.2) is 0 Å². The number of ketones is 1. The van der Waals surface area contributed by atoms with Gasteiger partial charge in [0.1, 0.15) is 0 Å². The summed E-state index contributed by atoms with van der Waals surface area (Å²) in [5, 5.41) is 2.05. The van der Waals surface area contributed by atoms with E-state index in [0.717, 1.165) is 48.7 Å². The Hall–Kier alpha value is -3.35. The fraction of sp³-hybridized carbons (Fsp3) is 0.222. The lowest BCUT2D eigenvalue weighted by atomic mass is 10.0. The zero-order valence-electron chi connectivity index (χ0n) is 18.3. The van der Waals surface area contributed by atoms with Crippen LogP contribution >= 0.6 is 11.3 Å². The number of anilines is 1. The van der Waals surface area contributed by atoms with Crippen LogP contribution < -0.4 is 15.2 Å². The van der Waals surface area contributed by atoms with Gasteiger partial charge in [0, 0.05) is 36.6 Å². The van der Waals surface area contributed by atoms with Crippen LogP contribution in [0.25, 0.3) is 10.4 Å². The Balaban J connectivity index is 1.15. The molecule has 3 heterocycles. The molecule has 3 aromatic rings. The van der Waals surface area contributed by atoms with Crippen molar-refractivity contribution in [3.8, 4) is 21.9 Å². The van der Waals surface area contributed by atoms with Crippen molar-refractivity contribution in [1.29, 1.82) is 0 Å². The predicted molar refractivity (Wildman–Crippen MR) is 133 cm³/mol. The first-order valence-corrected chi connectivity index (χ1v) is 11.9. The first-order valence-electron chi connectivity index (χ1n) is 11.1. The second kappa shape index (κ2) is 9.65. The van der Waals surface area contributed by atoms with E-state index in [1.165, 1.54) is 16.0 Å². The lowest BCUT2D eigenvalue weighted by molar-refractivity contribution is -0.114. The Bertz CT molecular complexity index is 1210. The molecule has 2 aromatic carbocycles. The maximum atomic E-state index is 12.5. The third kappa shape index (κ3) is 5.18. The number of carbonyl (C=O) groups excluding carboxylic acids is 1. The van der Waals surface area contributed by atoms with Gasteiger partial charge in [-0.2, -0.15) is 0 Å². The third-order valence-corrected chi connectivity index (χ3v) is 6.87. The van der Waals surface area contributed by atoms with Crippen LogP contribution in [0.4, 0.5) is 5.69 Å². The third-order valence-electron chi connectivity index (χ3n) is 5.95.